The van der Waals surface area contributed by atoms with Crippen LogP contribution in [0.25, 0.3) is 0 Å². The minimum absolute atomic E-state index is 0.134. The molecule has 1 amide bonds. The van der Waals surface area contributed by atoms with Crippen LogP contribution in [0, 0.1) is 6.92 Å². The lowest BCUT2D eigenvalue weighted by Gasteiger charge is -2.04. The maximum atomic E-state index is 11.8. The Morgan fingerprint density at radius 2 is 2.29 bits per heavy atom. The van der Waals surface area contributed by atoms with E-state index in [0.717, 1.165) is 0 Å². The number of anilines is 1. The van der Waals surface area contributed by atoms with Crippen LogP contribution >= 0.6 is 11.3 Å². The van der Waals surface area contributed by atoms with E-state index in [1.54, 1.807) is 23.5 Å². The van der Waals surface area contributed by atoms with E-state index in [2.05, 4.69) is 10.3 Å². The van der Waals surface area contributed by atoms with Gasteiger partial charge in [-0.15, -0.1) is 11.3 Å². The van der Waals surface area contributed by atoms with Gasteiger partial charge in [-0.2, -0.15) is 0 Å². The summed E-state index contributed by atoms with van der Waals surface area (Å²) in [5.74, 6) is 0.279. The van der Waals surface area contributed by atoms with E-state index in [9.17, 15) is 4.79 Å². The predicted molar refractivity (Wildman–Crippen MR) is 68.9 cm³/mol. The van der Waals surface area contributed by atoms with Gasteiger partial charge in [-0.1, -0.05) is 0 Å². The highest BCUT2D eigenvalue weighted by atomic mass is 32.1. The van der Waals surface area contributed by atoms with Gasteiger partial charge in [-0.3, -0.25) is 4.79 Å². The zero-order valence-electron chi connectivity index (χ0n) is 9.43. The number of aryl methyl sites for hydroxylation is 1. The van der Waals surface area contributed by atoms with Crippen molar-refractivity contribution < 1.29 is 4.79 Å². The van der Waals surface area contributed by atoms with Crippen molar-refractivity contribution in [3.05, 3.63) is 45.8 Å². The van der Waals surface area contributed by atoms with Crippen LogP contribution in [0.2, 0.25) is 0 Å². The standard InChI is InChI=1S/C12H13N3OS/c1-8-4-5-17-10(8)7-15-12(16)9-2-3-11(13)14-6-9/h2-6H,7H2,1H3,(H2,13,14)(H,15,16). The molecule has 0 aromatic carbocycles. The minimum atomic E-state index is -0.134. The number of nitrogens with two attached hydrogens (primary N) is 1. The average molecular weight is 247 g/mol. The van der Waals surface area contributed by atoms with Crippen LogP contribution in [0.15, 0.2) is 29.8 Å². The molecule has 0 saturated carbocycles. The van der Waals surface area contributed by atoms with Crippen molar-refractivity contribution in [2.45, 2.75) is 13.5 Å². The third-order valence-electron chi connectivity index (χ3n) is 2.43. The molecule has 0 aliphatic carbocycles. The Morgan fingerprint density at radius 3 is 2.88 bits per heavy atom. The summed E-state index contributed by atoms with van der Waals surface area (Å²) < 4.78 is 0. The van der Waals surface area contributed by atoms with E-state index >= 15 is 0 Å². The lowest BCUT2D eigenvalue weighted by atomic mass is 10.2. The van der Waals surface area contributed by atoms with E-state index in [1.165, 1.54) is 16.6 Å². The number of hydrogen-bond donors (Lipinski definition) is 2. The molecular weight excluding hydrogens is 234 g/mol. The highest BCUT2D eigenvalue weighted by Gasteiger charge is 2.06. The van der Waals surface area contributed by atoms with E-state index in [-0.39, 0.29) is 5.91 Å². The second-order valence-corrected chi connectivity index (χ2v) is 4.68. The monoisotopic (exact) mass is 247 g/mol. The number of thiophene rings is 1. The van der Waals surface area contributed by atoms with E-state index < -0.39 is 0 Å². The highest BCUT2D eigenvalue weighted by molar-refractivity contribution is 7.10. The summed E-state index contributed by atoms with van der Waals surface area (Å²) in [6.45, 7) is 2.58. The predicted octanol–water partition coefficient (Wildman–Crippen LogP) is 1.96. The molecule has 0 spiro atoms. The summed E-state index contributed by atoms with van der Waals surface area (Å²) in [7, 11) is 0. The molecular formula is C12H13N3OS. The van der Waals surface area contributed by atoms with Gasteiger partial charge in [0.05, 0.1) is 12.1 Å². The Bertz CT molecular complexity index is 519. The molecule has 2 heterocycles. The van der Waals surface area contributed by atoms with Crippen LogP contribution in [0.5, 0.6) is 0 Å². The maximum absolute atomic E-state index is 11.8. The topological polar surface area (TPSA) is 68.0 Å². The number of amides is 1. The van der Waals surface area contributed by atoms with Crippen molar-refractivity contribution in [2.75, 3.05) is 5.73 Å². The second kappa shape index (κ2) is 4.97. The van der Waals surface area contributed by atoms with Crippen LogP contribution in [0.1, 0.15) is 20.8 Å². The molecule has 17 heavy (non-hydrogen) atoms. The maximum Gasteiger partial charge on any atom is 0.253 e. The van der Waals surface area contributed by atoms with Gasteiger partial charge < -0.3 is 11.1 Å². The Balaban J connectivity index is 1.98. The van der Waals surface area contributed by atoms with Crippen LogP contribution in [0.4, 0.5) is 5.82 Å². The van der Waals surface area contributed by atoms with Crippen molar-refractivity contribution in [3.8, 4) is 0 Å². The van der Waals surface area contributed by atoms with Crippen LogP contribution in [-0.2, 0) is 6.54 Å². The minimum Gasteiger partial charge on any atom is -0.384 e. The largest absolute Gasteiger partial charge is 0.384 e. The summed E-state index contributed by atoms with van der Waals surface area (Å²) >= 11 is 1.64. The number of aromatic nitrogens is 1. The van der Waals surface area contributed by atoms with Crippen molar-refractivity contribution in [3.63, 3.8) is 0 Å². The molecule has 0 saturated heterocycles. The second-order valence-electron chi connectivity index (χ2n) is 3.68. The molecule has 5 heteroatoms. The zero-order chi connectivity index (χ0) is 12.3. The Labute approximate surface area is 103 Å². The lowest BCUT2D eigenvalue weighted by Crippen LogP contribution is -2.22. The van der Waals surface area contributed by atoms with Crippen molar-refractivity contribution in [2.24, 2.45) is 0 Å². The van der Waals surface area contributed by atoms with E-state index in [0.29, 0.717) is 17.9 Å². The number of rotatable bonds is 3. The number of nitrogens with zero attached hydrogens (tertiary/aromatic N) is 1. The average Bonchev–Trinajstić information content (AvgIpc) is 2.73. The molecule has 0 aliphatic heterocycles. The number of carbonyl (C=O) groups excluding carboxylic acids is 1. The number of carbonyl (C=O) groups is 1. The normalized spacial score (nSPS) is 10.2. The molecule has 0 radical (unpaired) electrons. The molecule has 4 nitrogen and oxygen atoms in total. The smallest absolute Gasteiger partial charge is 0.253 e. The highest BCUT2D eigenvalue weighted by Crippen LogP contribution is 2.15. The first kappa shape index (κ1) is 11.6. The summed E-state index contributed by atoms with van der Waals surface area (Å²) in [4.78, 5) is 16.8. The van der Waals surface area contributed by atoms with Crippen LogP contribution in [0.3, 0.4) is 0 Å². The first-order chi connectivity index (χ1) is 8.16. The van der Waals surface area contributed by atoms with Gasteiger partial charge >= 0.3 is 0 Å². The van der Waals surface area contributed by atoms with E-state index in [1.807, 2.05) is 18.4 Å². The van der Waals surface area contributed by atoms with Crippen molar-refractivity contribution >= 4 is 23.1 Å². The zero-order valence-corrected chi connectivity index (χ0v) is 10.3. The molecule has 2 rings (SSSR count). The van der Waals surface area contributed by atoms with Crippen molar-refractivity contribution in [1.82, 2.24) is 10.3 Å². The number of nitrogens with one attached hydrogen (secondary N) is 1. The Kier molecular flexibility index (Phi) is 3.39. The molecule has 0 fully saturated rings. The fourth-order valence-corrected chi connectivity index (χ4v) is 2.23. The van der Waals surface area contributed by atoms with Gasteiger partial charge in [0.2, 0.25) is 0 Å². The number of pyridine rings is 1. The Hall–Kier alpha value is -1.88. The fourth-order valence-electron chi connectivity index (χ4n) is 1.39. The number of nitrogen functional groups attached to an aromatic ring is 1. The summed E-state index contributed by atoms with van der Waals surface area (Å²) in [5.41, 5.74) is 7.18. The van der Waals surface area contributed by atoms with Crippen LogP contribution in [-0.4, -0.2) is 10.9 Å². The third kappa shape index (κ3) is 2.82. The molecule has 0 unspecified atom stereocenters. The SMILES string of the molecule is Cc1ccsc1CNC(=O)c1ccc(N)nc1. The molecule has 0 aliphatic rings. The Morgan fingerprint density at radius 1 is 1.47 bits per heavy atom. The molecule has 88 valence electrons. The molecule has 0 bridgehead atoms. The summed E-state index contributed by atoms with van der Waals surface area (Å²) in [6, 6.07) is 5.32. The summed E-state index contributed by atoms with van der Waals surface area (Å²) in [6.07, 6.45) is 1.48. The quantitative estimate of drug-likeness (QED) is 0.871. The van der Waals surface area contributed by atoms with Gasteiger partial charge in [0.25, 0.3) is 5.91 Å². The van der Waals surface area contributed by atoms with Crippen LogP contribution < -0.4 is 11.1 Å². The first-order valence-corrected chi connectivity index (χ1v) is 6.07. The van der Waals surface area contributed by atoms with Gasteiger partial charge in [-0.25, -0.2) is 4.98 Å². The van der Waals surface area contributed by atoms with Gasteiger partial charge in [-0.05, 0) is 36.1 Å². The van der Waals surface area contributed by atoms with Gasteiger partial charge in [0.1, 0.15) is 5.82 Å². The lowest BCUT2D eigenvalue weighted by molar-refractivity contribution is 0.0951. The fraction of sp³-hybridized carbons (Fsp3) is 0.167. The molecule has 0 atom stereocenters. The molecule has 3 N–H and O–H groups in total. The van der Waals surface area contributed by atoms with Crippen molar-refractivity contribution in [1.29, 1.82) is 0 Å². The molecule has 2 aromatic rings. The van der Waals surface area contributed by atoms with Gasteiger partial charge in [0, 0.05) is 11.1 Å². The number of hydrogen-bond acceptors (Lipinski definition) is 4. The van der Waals surface area contributed by atoms with E-state index in [4.69, 9.17) is 5.73 Å². The third-order valence-corrected chi connectivity index (χ3v) is 3.45. The molecule has 2 aromatic heterocycles. The first-order valence-electron chi connectivity index (χ1n) is 5.19. The van der Waals surface area contributed by atoms with Gasteiger partial charge in [0.15, 0.2) is 0 Å². The summed E-state index contributed by atoms with van der Waals surface area (Å²) in [5, 5.41) is 4.87.